The third-order valence-electron chi connectivity index (χ3n) is 5.33. The van der Waals surface area contributed by atoms with Gasteiger partial charge in [-0.05, 0) is 56.8 Å². The summed E-state index contributed by atoms with van der Waals surface area (Å²) in [6.07, 6.45) is 1.75. The van der Waals surface area contributed by atoms with Crippen LogP contribution in [0.5, 0.6) is 0 Å². The molecule has 0 fully saturated rings. The summed E-state index contributed by atoms with van der Waals surface area (Å²) in [5, 5.41) is 3.38. The molecule has 0 spiro atoms. The minimum Gasteiger partial charge on any atom is -0.358 e. The Kier molecular flexibility index (Phi) is 6.97. The van der Waals surface area contributed by atoms with Crippen molar-refractivity contribution in [2.45, 2.75) is 27.7 Å². The van der Waals surface area contributed by atoms with E-state index in [9.17, 15) is 9.59 Å². The smallest absolute Gasteiger partial charge is 0.276 e. The van der Waals surface area contributed by atoms with E-state index in [1.165, 1.54) is 0 Å². The number of halogens is 1. The third-order valence-corrected chi connectivity index (χ3v) is 5.56. The van der Waals surface area contributed by atoms with Crippen LogP contribution in [-0.2, 0) is 9.63 Å². The molecule has 2 aromatic rings. The van der Waals surface area contributed by atoms with Gasteiger partial charge in [-0.25, -0.2) is 5.48 Å². The van der Waals surface area contributed by atoms with E-state index in [2.05, 4.69) is 34.5 Å². The molecule has 30 heavy (non-hydrogen) atoms. The molecule has 3 N–H and O–H groups in total. The number of rotatable bonds is 8. The molecular formula is C22H27ClN4O3. The monoisotopic (exact) mass is 430 g/mol. The molecule has 3 rings (SSSR count). The van der Waals surface area contributed by atoms with Crippen LogP contribution in [0.25, 0.3) is 11.6 Å². The van der Waals surface area contributed by atoms with Crippen LogP contribution in [0.2, 0.25) is 5.02 Å². The number of fused-ring (bicyclic) bond motifs is 1. The number of nitrogens with zero attached hydrogens (tertiary/aromatic N) is 1. The predicted molar refractivity (Wildman–Crippen MR) is 119 cm³/mol. The molecule has 1 aromatic heterocycles. The van der Waals surface area contributed by atoms with Crippen molar-refractivity contribution in [1.29, 1.82) is 0 Å². The first kappa shape index (κ1) is 22.1. The van der Waals surface area contributed by atoms with Gasteiger partial charge < -0.3 is 15.2 Å². The highest BCUT2D eigenvalue weighted by molar-refractivity contribution is 6.36. The van der Waals surface area contributed by atoms with E-state index < -0.39 is 0 Å². The number of benzene rings is 1. The number of anilines is 1. The molecular weight excluding hydrogens is 404 g/mol. The summed E-state index contributed by atoms with van der Waals surface area (Å²) >= 11 is 6.10. The summed E-state index contributed by atoms with van der Waals surface area (Å²) in [4.78, 5) is 35.8. The van der Waals surface area contributed by atoms with Crippen LogP contribution in [0.4, 0.5) is 5.69 Å². The van der Waals surface area contributed by atoms with Gasteiger partial charge in [-0.2, -0.15) is 0 Å². The first-order valence-corrected chi connectivity index (χ1v) is 10.4. The van der Waals surface area contributed by atoms with E-state index in [1.54, 1.807) is 24.3 Å². The van der Waals surface area contributed by atoms with Gasteiger partial charge in [-0.1, -0.05) is 25.4 Å². The lowest BCUT2D eigenvalue weighted by atomic mass is 10.0. The van der Waals surface area contributed by atoms with Crippen LogP contribution in [0.1, 0.15) is 46.7 Å². The second kappa shape index (κ2) is 9.47. The second-order valence-corrected chi connectivity index (χ2v) is 7.61. The van der Waals surface area contributed by atoms with Crippen LogP contribution < -0.4 is 10.8 Å². The van der Waals surface area contributed by atoms with Gasteiger partial charge >= 0.3 is 0 Å². The van der Waals surface area contributed by atoms with E-state index >= 15 is 0 Å². The number of nitrogens with one attached hydrogen (secondary N) is 3. The van der Waals surface area contributed by atoms with Crippen molar-refractivity contribution in [2.75, 3.05) is 31.6 Å². The van der Waals surface area contributed by atoms with Gasteiger partial charge in [-0.3, -0.25) is 14.4 Å². The summed E-state index contributed by atoms with van der Waals surface area (Å²) in [6.45, 7) is 10.8. The number of amides is 2. The predicted octanol–water partition coefficient (Wildman–Crippen LogP) is 3.78. The zero-order chi connectivity index (χ0) is 21.8. The Morgan fingerprint density at radius 1 is 1.27 bits per heavy atom. The Morgan fingerprint density at radius 3 is 2.70 bits per heavy atom. The third kappa shape index (κ3) is 4.59. The lowest BCUT2D eigenvalue weighted by Gasteiger charge is -2.17. The van der Waals surface area contributed by atoms with Gasteiger partial charge in [0.1, 0.15) is 0 Å². The maximum Gasteiger partial charge on any atom is 0.276 e. The van der Waals surface area contributed by atoms with E-state index in [4.69, 9.17) is 16.4 Å². The Bertz CT molecular complexity index is 993. The molecule has 7 nitrogen and oxygen atoms in total. The second-order valence-electron chi connectivity index (χ2n) is 7.17. The average Bonchev–Trinajstić information content (AvgIpc) is 3.17. The highest BCUT2D eigenvalue weighted by Gasteiger charge is 2.26. The fourth-order valence-electron chi connectivity index (χ4n) is 3.59. The lowest BCUT2D eigenvalue weighted by Crippen LogP contribution is -2.31. The summed E-state index contributed by atoms with van der Waals surface area (Å²) in [6, 6.07) is 5.26. The number of H-pyrrole nitrogens is 1. The fraction of sp³-hybridized carbons (Fsp3) is 0.364. The number of carbonyl (C=O) groups is 2. The van der Waals surface area contributed by atoms with Crippen molar-refractivity contribution in [3.63, 3.8) is 0 Å². The first-order chi connectivity index (χ1) is 14.3. The molecule has 1 aliphatic heterocycles. The summed E-state index contributed by atoms with van der Waals surface area (Å²) in [7, 11) is 0. The van der Waals surface area contributed by atoms with Crippen LogP contribution in [0.3, 0.4) is 0 Å². The largest absolute Gasteiger partial charge is 0.358 e. The zero-order valence-corrected chi connectivity index (χ0v) is 18.4. The molecule has 0 unspecified atom stereocenters. The number of carbonyl (C=O) groups excluding carboxylic acids is 2. The van der Waals surface area contributed by atoms with Crippen molar-refractivity contribution in [1.82, 2.24) is 15.4 Å². The van der Waals surface area contributed by atoms with Gasteiger partial charge in [0.15, 0.2) is 0 Å². The van der Waals surface area contributed by atoms with E-state index in [1.807, 2.05) is 13.8 Å². The van der Waals surface area contributed by atoms with E-state index in [0.717, 1.165) is 36.4 Å². The number of hydroxylamine groups is 1. The summed E-state index contributed by atoms with van der Waals surface area (Å²) in [5.74, 6) is -0.519. The van der Waals surface area contributed by atoms with E-state index in [-0.39, 0.29) is 11.8 Å². The molecule has 2 heterocycles. The summed E-state index contributed by atoms with van der Waals surface area (Å²) in [5.41, 5.74) is 7.13. The van der Waals surface area contributed by atoms with Gasteiger partial charge in [0.25, 0.3) is 11.8 Å². The quantitative estimate of drug-likeness (QED) is 0.338. The Morgan fingerprint density at radius 2 is 2.00 bits per heavy atom. The van der Waals surface area contributed by atoms with E-state index in [0.29, 0.717) is 34.2 Å². The van der Waals surface area contributed by atoms with Gasteiger partial charge in [0.05, 0.1) is 17.7 Å². The first-order valence-electron chi connectivity index (χ1n) is 10.0. The topological polar surface area (TPSA) is 86.5 Å². The maximum absolute atomic E-state index is 12.6. The van der Waals surface area contributed by atoms with Crippen molar-refractivity contribution in [3.8, 4) is 0 Å². The minimum absolute atomic E-state index is 0.204. The van der Waals surface area contributed by atoms with Gasteiger partial charge in [0, 0.05) is 34.2 Å². The minimum atomic E-state index is -0.315. The summed E-state index contributed by atoms with van der Waals surface area (Å²) < 4.78 is 0. The Hall–Kier alpha value is -2.61. The SMILES string of the molecule is CCN(CC)CCONC(=O)c1c(C)[nH]c(/C=C2\C(=O)Nc3ccc(Cl)cc32)c1C. The van der Waals surface area contributed by atoms with Crippen molar-refractivity contribution >= 4 is 40.8 Å². The number of aromatic amines is 1. The number of hydrogen-bond donors (Lipinski definition) is 3. The molecule has 0 bridgehead atoms. The molecule has 1 aromatic carbocycles. The van der Waals surface area contributed by atoms with Crippen LogP contribution in [0, 0.1) is 13.8 Å². The maximum atomic E-state index is 12.6. The molecule has 0 saturated heterocycles. The standard InChI is InChI=1S/C22H27ClN4O3/c1-5-27(6-2)9-10-30-26-22(29)20-13(3)19(24-14(20)4)12-17-16-11-15(23)7-8-18(16)25-21(17)28/h7-8,11-12,24H,5-6,9-10H2,1-4H3,(H,25,28)(H,26,29)/b17-12-. The van der Waals surface area contributed by atoms with Crippen molar-refractivity contribution < 1.29 is 14.4 Å². The Balaban J connectivity index is 1.76. The van der Waals surface area contributed by atoms with Gasteiger partial charge in [-0.15, -0.1) is 0 Å². The highest BCUT2D eigenvalue weighted by Crippen LogP contribution is 2.35. The molecule has 0 atom stereocenters. The van der Waals surface area contributed by atoms with Crippen LogP contribution in [0.15, 0.2) is 18.2 Å². The van der Waals surface area contributed by atoms with Crippen LogP contribution in [-0.4, -0.2) is 47.9 Å². The molecule has 0 radical (unpaired) electrons. The normalized spacial score (nSPS) is 14.3. The molecule has 0 saturated carbocycles. The van der Waals surface area contributed by atoms with Crippen LogP contribution >= 0.6 is 11.6 Å². The van der Waals surface area contributed by atoms with Crippen molar-refractivity contribution in [2.24, 2.45) is 0 Å². The molecule has 1 aliphatic rings. The lowest BCUT2D eigenvalue weighted by molar-refractivity contribution is -0.110. The van der Waals surface area contributed by atoms with Gasteiger partial charge in [0.2, 0.25) is 0 Å². The van der Waals surface area contributed by atoms with Crippen molar-refractivity contribution in [3.05, 3.63) is 51.3 Å². The molecule has 8 heteroatoms. The highest BCUT2D eigenvalue weighted by atomic mass is 35.5. The Labute approximate surface area is 181 Å². The number of aryl methyl sites for hydroxylation is 1. The molecule has 0 aliphatic carbocycles. The number of aromatic nitrogens is 1. The molecule has 160 valence electrons. The number of likely N-dealkylation sites (N-methyl/N-ethyl adjacent to an activating group) is 1. The fourth-order valence-corrected chi connectivity index (χ4v) is 3.76. The molecule has 2 amide bonds. The number of hydrogen-bond acceptors (Lipinski definition) is 4. The average molecular weight is 431 g/mol. The zero-order valence-electron chi connectivity index (χ0n) is 17.7.